The Morgan fingerprint density at radius 1 is 1.21 bits per heavy atom. The van der Waals surface area contributed by atoms with Crippen molar-refractivity contribution in [2.75, 3.05) is 13.1 Å². The second-order valence-electron chi connectivity index (χ2n) is 6.87. The molecule has 2 atom stereocenters. The first-order valence-electron chi connectivity index (χ1n) is 9.22. The summed E-state index contributed by atoms with van der Waals surface area (Å²) in [5.41, 5.74) is 1.98. The number of Topliss-reactive ketones (excluding diaryl/α,β-unsaturated/α-hetero) is 1. The van der Waals surface area contributed by atoms with Crippen LogP contribution < -0.4 is 10.6 Å². The number of aryl methyl sites for hydroxylation is 1. The monoisotopic (exact) mass is 330 g/mol. The molecule has 1 aromatic rings. The molecule has 0 aliphatic carbocycles. The molecule has 0 saturated carbocycles. The summed E-state index contributed by atoms with van der Waals surface area (Å²) < 4.78 is 0. The molecule has 1 amide bonds. The number of carbonyl (C=O) groups is 2. The van der Waals surface area contributed by atoms with Crippen LogP contribution in [0.3, 0.4) is 0 Å². The summed E-state index contributed by atoms with van der Waals surface area (Å²) in [6, 6.07) is 8.06. The van der Waals surface area contributed by atoms with Gasteiger partial charge in [-0.1, -0.05) is 44.5 Å². The summed E-state index contributed by atoms with van der Waals surface area (Å²) in [6.07, 6.45) is 4.91. The number of amides is 1. The molecule has 0 spiro atoms. The van der Waals surface area contributed by atoms with Crippen molar-refractivity contribution in [1.82, 2.24) is 10.6 Å². The predicted molar refractivity (Wildman–Crippen MR) is 97.2 cm³/mol. The molecule has 2 rings (SSSR count). The number of hydrogen-bond acceptors (Lipinski definition) is 3. The van der Waals surface area contributed by atoms with Gasteiger partial charge in [0.2, 0.25) is 5.91 Å². The van der Waals surface area contributed by atoms with Gasteiger partial charge in [0.15, 0.2) is 5.78 Å². The number of nitrogens with one attached hydrogen (secondary N) is 2. The average molecular weight is 330 g/mol. The maximum absolute atomic E-state index is 12.2. The van der Waals surface area contributed by atoms with Crippen molar-refractivity contribution in [3.8, 4) is 0 Å². The number of carbonyl (C=O) groups excluding carboxylic acids is 2. The third-order valence-corrected chi connectivity index (χ3v) is 4.81. The zero-order chi connectivity index (χ0) is 17.4. The predicted octanol–water partition coefficient (Wildman–Crippen LogP) is 3.11. The topological polar surface area (TPSA) is 58.2 Å². The molecule has 1 heterocycles. The Morgan fingerprint density at radius 3 is 2.62 bits per heavy atom. The van der Waals surface area contributed by atoms with Crippen LogP contribution >= 0.6 is 0 Å². The molecule has 2 unspecified atom stereocenters. The van der Waals surface area contributed by atoms with E-state index in [1.165, 1.54) is 18.4 Å². The maximum Gasteiger partial charge on any atom is 0.220 e. The van der Waals surface area contributed by atoms with E-state index in [0.717, 1.165) is 25.9 Å². The second kappa shape index (κ2) is 9.58. The van der Waals surface area contributed by atoms with Crippen LogP contribution in [0.2, 0.25) is 0 Å². The summed E-state index contributed by atoms with van der Waals surface area (Å²) in [5.74, 6) is 0.473. The Bertz CT molecular complexity index is 539. The fourth-order valence-electron chi connectivity index (χ4n) is 3.12. The van der Waals surface area contributed by atoms with Crippen molar-refractivity contribution in [3.05, 3.63) is 35.4 Å². The molecule has 1 aromatic carbocycles. The van der Waals surface area contributed by atoms with Crippen molar-refractivity contribution < 1.29 is 9.59 Å². The highest BCUT2D eigenvalue weighted by molar-refractivity contribution is 5.98. The van der Waals surface area contributed by atoms with Gasteiger partial charge >= 0.3 is 0 Å². The SMILES string of the molecule is CCCCc1ccc(C(=O)CCC(=O)NC2CCNCC2C)cc1. The molecule has 1 aliphatic rings. The first-order chi connectivity index (χ1) is 11.6. The van der Waals surface area contributed by atoms with Crippen LogP contribution in [0.1, 0.15) is 61.9 Å². The smallest absolute Gasteiger partial charge is 0.220 e. The third-order valence-electron chi connectivity index (χ3n) is 4.81. The fourth-order valence-corrected chi connectivity index (χ4v) is 3.12. The van der Waals surface area contributed by atoms with Crippen LogP contribution in [0.15, 0.2) is 24.3 Å². The zero-order valence-electron chi connectivity index (χ0n) is 14.9. The lowest BCUT2D eigenvalue weighted by atomic mass is 9.95. The van der Waals surface area contributed by atoms with Crippen LogP contribution in [0.25, 0.3) is 0 Å². The molecule has 4 heteroatoms. The number of unbranched alkanes of at least 4 members (excludes halogenated alkanes) is 1. The van der Waals surface area contributed by atoms with Crippen LogP contribution in [0.4, 0.5) is 0 Å². The summed E-state index contributed by atoms with van der Waals surface area (Å²) >= 11 is 0. The number of benzene rings is 1. The van der Waals surface area contributed by atoms with E-state index in [-0.39, 0.29) is 30.6 Å². The number of piperidine rings is 1. The molecule has 1 fully saturated rings. The normalized spacial score (nSPS) is 20.6. The Morgan fingerprint density at radius 2 is 1.96 bits per heavy atom. The van der Waals surface area contributed by atoms with E-state index in [1.54, 1.807) is 0 Å². The van der Waals surface area contributed by atoms with Crippen LogP contribution in [0, 0.1) is 5.92 Å². The molecule has 24 heavy (non-hydrogen) atoms. The Kier molecular flexibility index (Phi) is 7.44. The lowest BCUT2D eigenvalue weighted by Crippen LogP contribution is -2.48. The van der Waals surface area contributed by atoms with E-state index < -0.39 is 0 Å². The average Bonchev–Trinajstić information content (AvgIpc) is 2.60. The molecule has 4 nitrogen and oxygen atoms in total. The highest BCUT2D eigenvalue weighted by atomic mass is 16.2. The molecule has 2 N–H and O–H groups in total. The van der Waals surface area contributed by atoms with Crippen LogP contribution in [0.5, 0.6) is 0 Å². The van der Waals surface area contributed by atoms with E-state index in [4.69, 9.17) is 0 Å². The van der Waals surface area contributed by atoms with Gasteiger partial charge in [0.25, 0.3) is 0 Å². The summed E-state index contributed by atoms with van der Waals surface area (Å²) in [6.45, 7) is 6.20. The van der Waals surface area contributed by atoms with Crippen molar-refractivity contribution in [2.24, 2.45) is 5.92 Å². The van der Waals surface area contributed by atoms with E-state index in [1.807, 2.05) is 24.3 Å². The lowest BCUT2D eigenvalue weighted by molar-refractivity contribution is -0.122. The first kappa shape index (κ1) is 18.7. The lowest BCUT2D eigenvalue weighted by Gasteiger charge is -2.30. The van der Waals surface area contributed by atoms with Gasteiger partial charge < -0.3 is 10.6 Å². The van der Waals surface area contributed by atoms with Crippen molar-refractivity contribution in [2.45, 2.75) is 58.4 Å². The largest absolute Gasteiger partial charge is 0.353 e. The minimum atomic E-state index is -0.0123. The summed E-state index contributed by atoms with van der Waals surface area (Å²) in [5, 5.41) is 6.40. The molecule has 0 aromatic heterocycles. The maximum atomic E-state index is 12.2. The Hall–Kier alpha value is -1.68. The molecule has 1 saturated heterocycles. The van der Waals surface area contributed by atoms with Gasteiger partial charge in [-0.15, -0.1) is 0 Å². The van der Waals surface area contributed by atoms with Gasteiger partial charge in [0.05, 0.1) is 0 Å². The molecular formula is C20H30N2O2. The van der Waals surface area contributed by atoms with E-state index in [2.05, 4.69) is 24.5 Å². The molecule has 0 bridgehead atoms. The fraction of sp³-hybridized carbons (Fsp3) is 0.600. The van der Waals surface area contributed by atoms with E-state index >= 15 is 0 Å². The van der Waals surface area contributed by atoms with Gasteiger partial charge in [-0.05, 0) is 43.8 Å². The van der Waals surface area contributed by atoms with Gasteiger partial charge in [-0.2, -0.15) is 0 Å². The summed E-state index contributed by atoms with van der Waals surface area (Å²) in [4.78, 5) is 24.3. The second-order valence-corrected chi connectivity index (χ2v) is 6.87. The standard InChI is InChI=1S/C20H30N2O2/c1-3-4-5-16-6-8-17(9-7-16)19(23)10-11-20(24)22-18-12-13-21-14-15(18)2/h6-9,15,18,21H,3-5,10-14H2,1-2H3,(H,22,24). The molecule has 132 valence electrons. The first-order valence-corrected chi connectivity index (χ1v) is 9.22. The van der Waals surface area contributed by atoms with Gasteiger partial charge in [0.1, 0.15) is 0 Å². The molecular weight excluding hydrogens is 300 g/mol. The minimum Gasteiger partial charge on any atom is -0.353 e. The molecule has 1 aliphatic heterocycles. The van der Waals surface area contributed by atoms with Crippen molar-refractivity contribution in [1.29, 1.82) is 0 Å². The van der Waals surface area contributed by atoms with Crippen molar-refractivity contribution in [3.63, 3.8) is 0 Å². The highest BCUT2D eigenvalue weighted by Crippen LogP contribution is 2.12. The van der Waals surface area contributed by atoms with Gasteiger partial charge in [-0.3, -0.25) is 9.59 Å². The Labute approximate surface area is 145 Å². The molecule has 0 radical (unpaired) electrons. The highest BCUT2D eigenvalue weighted by Gasteiger charge is 2.22. The van der Waals surface area contributed by atoms with E-state index in [9.17, 15) is 9.59 Å². The minimum absolute atomic E-state index is 0.0123. The van der Waals surface area contributed by atoms with Gasteiger partial charge in [0, 0.05) is 24.4 Å². The van der Waals surface area contributed by atoms with E-state index in [0.29, 0.717) is 11.5 Å². The summed E-state index contributed by atoms with van der Waals surface area (Å²) in [7, 11) is 0. The van der Waals surface area contributed by atoms with Crippen LogP contribution in [-0.2, 0) is 11.2 Å². The zero-order valence-corrected chi connectivity index (χ0v) is 14.9. The number of ketones is 1. The quantitative estimate of drug-likeness (QED) is 0.720. The third kappa shape index (κ3) is 5.75. The number of hydrogen-bond donors (Lipinski definition) is 2. The number of rotatable bonds is 8. The van der Waals surface area contributed by atoms with Crippen molar-refractivity contribution >= 4 is 11.7 Å². The van der Waals surface area contributed by atoms with Gasteiger partial charge in [-0.25, -0.2) is 0 Å². The van der Waals surface area contributed by atoms with Crippen LogP contribution in [-0.4, -0.2) is 30.8 Å². The Balaban J connectivity index is 1.76.